The number of carbonyl (C=O) groups is 1. The zero-order valence-corrected chi connectivity index (χ0v) is 18.3. The van der Waals surface area contributed by atoms with Gasteiger partial charge in [0.15, 0.2) is 0 Å². The molecule has 3 aromatic rings. The first-order chi connectivity index (χ1) is 14.9. The van der Waals surface area contributed by atoms with Gasteiger partial charge in [-0.25, -0.2) is 4.79 Å². The van der Waals surface area contributed by atoms with Gasteiger partial charge in [0.25, 0.3) is 0 Å². The zero-order chi connectivity index (χ0) is 22.2. The van der Waals surface area contributed by atoms with Crippen LogP contribution in [0.4, 0.5) is 5.69 Å². The number of hydrogen-bond donors (Lipinski definition) is 1. The lowest BCUT2D eigenvalue weighted by atomic mass is 10.0. The van der Waals surface area contributed by atoms with E-state index in [1.165, 1.54) is 5.56 Å². The largest absolute Gasteiger partial charge is 0.489 e. The van der Waals surface area contributed by atoms with E-state index in [0.29, 0.717) is 12.2 Å². The zero-order valence-electron chi connectivity index (χ0n) is 18.3. The Balaban J connectivity index is 1.55. The maximum Gasteiger partial charge on any atom is 0.335 e. The number of carboxylic acid groups (broad SMARTS) is 1. The van der Waals surface area contributed by atoms with Gasteiger partial charge in [0, 0.05) is 19.8 Å². The van der Waals surface area contributed by atoms with Gasteiger partial charge in [-0.3, -0.25) is 0 Å². The second-order valence-electron chi connectivity index (χ2n) is 7.83. The molecule has 0 aliphatic rings. The van der Waals surface area contributed by atoms with Crippen LogP contribution in [0.2, 0.25) is 0 Å². The lowest BCUT2D eigenvalue weighted by Crippen LogP contribution is -2.12. The molecular weight excluding hydrogens is 386 g/mol. The number of anilines is 1. The van der Waals surface area contributed by atoms with Crippen molar-refractivity contribution >= 4 is 17.7 Å². The first kappa shape index (κ1) is 22.2. The van der Waals surface area contributed by atoms with Crippen LogP contribution in [0.25, 0.3) is 6.08 Å². The molecule has 0 atom stereocenters. The molecule has 0 spiro atoms. The molecule has 4 nitrogen and oxygen atoms in total. The average Bonchev–Trinajstić information content (AvgIpc) is 2.77. The van der Waals surface area contributed by atoms with Crippen LogP contribution < -0.4 is 9.64 Å². The molecule has 0 unspecified atom stereocenters. The number of rotatable bonds is 9. The van der Waals surface area contributed by atoms with Crippen molar-refractivity contribution in [3.8, 4) is 5.75 Å². The van der Waals surface area contributed by atoms with Crippen molar-refractivity contribution in [2.75, 3.05) is 19.0 Å². The van der Waals surface area contributed by atoms with Crippen LogP contribution in [0, 0.1) is 6.92 Å². The van der Waals surface area contributed by atoms with Gasteiger partial charge in [-0.2, -0.15) is 0 Å². The van der Waals surface area contributed by atoms with E-state index in [0.717, 1.165) is 41.0 Å². The van der Waals surface area contributed by atoms with Crippen molar-refractivity contribution < 1.29 is 14.6 Å². The van der Waals surface area contributed by atoms with Crippen LogP contribution in [-0.4, -0.2) is 25.2 Å². The van der Waals surface area contributed by atoms with Gasteiger partial charge in [-0.1, -0.05) is 54.1 Å². The molecule has 0 amide bonds. The number of allylic oxidation sites excluding steroid dienone is 1. The summed E-state index contributed by atoms with van der Waals surface area (Å²) in [6.07, 6.45) is 5.81. The number of ether oxygens (including phenoxy) is 1. The molecule has 0 aromatic heterocycles. The van der Waals surface area contributed by atoms with Gasteiger partial charge < -0.3 is 14.7 Å². The molecule has 0 bridgehead atoms. The van der Waals surface area contributed by atoms with Gasteiger partial charge in [-0.05, 0) is 66.8 Å². The van der Waals surface area contributed by atoms with E-state index in [9.17, 15) is 9.90 Å². The maximum absolute atomic E-state index is 11.3. The average molecular weight is 416 g/mol. The Bertz CT molecular complexity index is 1040. The molecule has 0 fully saturated rings. The quantitative estimate of drug-likeness (QED) is 0.467. The molecule has 0 saturated carbocycles. The van der Waals surface area contributed by atoms with E-state index in [1.54, 1.807) is 12.1 Å². The summed E-state index contributed by atoms with van der Waals surface area (Å²) in [7, 11) is 3.94. The Morgan fingerprint density at radius 3 is 2.35 bits per heavy atom. The van der Waals surface area contributed by atoms with E-state index < -0.39 is 5.97 Å². The van der Waals surface area contributed by atoms with Crippen LogP contribution in [0.1, 0.15) is 39.0 Å². The Labute approximate surface area is 184 Å². The van der Waals surface area contributed by atoms with Gasteiger partial charge >= 0.3 is 5.97 Å². The molecular formula is C27H29NO3. The number of aryl methyl sites for hydroxylation is 2. The fourth-order valence-corrected chi connectivity index (χ4v) is 3.34. The summed E-state index contributed by atoms with van der Waals surface area (Å²) in [5.41, 5.74) is 5.91. The summed E-state index contributed by atoms with van der Waals surface area (Å²) in [6.45, 7) is 2.63. The molecule has 0 aliphatic heterocycles. The lowest BCUT2D eigenvalue weighted by Gasteiger charge is -2.17. The van der Waals surface area contributed by atoms with E-state index in [1.807, 2.05) is 49.3 Å². The second-order valence-corrected chi connectivity index (χ2v) is 7.83. The second kappa shape index (κ2) is 10.5. The Morgan fingerprint density at radius 1 is 1.00 bits per heavy atom. The van der Waals surface area contributed by atoms with E-state index in [-0.39, 0.29) is 0 Å². The number of carboxylic acids is 1. The number of aromatic carboxylic acids is 1. The van der Waals surface area contributed by atoms with Crippen molar-refractivity contribution in [2.24, 2.45) is 0 Å². The molecule has 31 heavy (non-hydrogen) atoms. The fourth-order valence-electron chi connectivity index (χ4n) is 3.34. The van der Waals surface area contributed by atoms with Gasteiger partial charge in [0.1, 0.15) is 12.4 Å². The summed E-state index contributed by atoms with van der Waals surface area (Å²) >= 11 is 0. The monoisotopic (exact) mass is 415 g/mol. The normalized spacial score (nSPS) is 10.9. The molecule has 0 aliphatic carbocycles. The predicted molar refractivity (Wildman–Crippen MR) is 127 cm³/mol. The van der Waals surface area contributed by atoms with E-state index >= 15 is 0 Å². The standard InChI is InChI=1S/C27H29NO3/c1-20-8-10-22(11-9-20)19-31-25-15-12-21(13-16-25)6-4-5-7-23-18-24(27(29)30)14-17-26(23)28(2)3/h4,6,8-18H,5,7,19H2,1-3H3,(H,29,30). The van der Waals surface area contributed by atoms with E-state index in [4.69, 9.17) is 4.74 Å². The predicted octanol–water partition coefficient (Wildman–Crippen LogP) is 5.98. The Morgan fingerprint density at radius 2 is 1.71 bits per heavy atom. The third kappa shape index (κ3) is 6.48. The summed E-state index contributed by atoms with van der Waals surface area (Å²) in [5.74, 6) is -0.0504. The summed E-state index contributed by atoms with van der Waals surface area (Å²) < 4.78 is 5.86. The molecule has 3 rings (SSSR count). The summed E-state index contributed by atoms with van der Waals surface area (Å²) in [4.78, 5) is 13.3. The number of nitrogens with zero attached hydrogens (tertiary/aromatic N) is 1. The molecule has 3 aromatic carbocycles. The summed E-state index contributed by atoms with van der Waals surface area (Å²) in [5, 5.41) is 9.26. The molecule has 0 radical (unpaired) electrons. The lowest BCUT2D eigenvalue weighted by molar-refractivity contribution is 0.0696. The first-order valence-electron chi connectivity index (χ1n) is 10.4. The Hall–Kier alpha value is -3.53. The smallest absolute Gasteiger partial charge is 0.335 e. The van der Waals surface area contributed by atoms with Gasteiger partial charge in [-0.15, -0.1) is 0 Å². The number of benzene rings is 3. The minimum absolute atomic E-state index is 0.325. The van der Waals surface area contributed by atoms with E-state index in [2.05, 4.69) is 43.3 Å². The van der Waals surface area contributed by atoms with Crippen molar-refractivity contribution in [1.29, 1.82) is 0 Å². The highest BCUT2D eigenvalue weighted by Crippen LogP contribution is 2.22. The molecule has 1 N–H and O–H groups in total. The topological polar surface area (TPSA) is 49.8 Å². The van der Waals surface area contributed by atoms with Crippen LogP contribution in [0.3, 0.4) is 0 Å². The minimum atomic E-state index is -0.896. The third-order valence-corrected chi connectivity index (χ3v) is 5.11. The molecule has 160 valence electrons. The van der Waals surface area contributed by atoms with Crippen LogP contribution in [0.15, 0.2) is 72.8 Å². The van der Waals surface area contributed by atoms with Crippen LogP contribution in [-0.2, 0) is 13.0 Å². The van der Waals surface area contributed by atoms with Crippen molar-refractivity contribution in [3.05, 3.63) is 101 Å². The van der Waals surface area contributed by atoms with Crippen molar-refractivity contribution in [2.45, 2.75) is 26.4 Å². The van der Waals surface area contributed by atoms with Crippen LogP contribution in [0.5, 0.6) is 5.75 Å². The molecule has 4 heteroatoms. The summed E-state index contributed by atoms with van der Waals surface area (Å²) in [6, 6.07) is 21.7. The first-order valence-corrected chi connectivity index (χ1v) is 10.4. The Kier molecular flexibility index (Phi) is 7.50. The number of hydrogen-bond acceptors (Lipinski definition) is 3. The molecule has 0 heterocycles. The fraction of sp³-hybridized carbons (Fsp3) is 0.222. The van der Waals surface area contributed by atoms with Crippen LogP contribution >= 0.6 is 0 Å². The highest BCUT2D eigenvalue weighted by atomic mass is 16.5. The van der Waals surface area contributed by atoms with Crippen molar-refractivity contribution in [1.82, 2.24) is 0 Å². The highest BCUT2D eigenvalue weighted by molar-refractivity contribution is 5.88. The minimum Gasteiger partial charge on any atom is -0.489 e. The van der Waals surface area contributed by atoms with Gasteiger partial charge in [0.05, 0.1) is 5.56 Å². The third-order valence-electron chi connectivity index (χ3n) is 5.11. The van der Waals surface area contributed by atoms with Crippen molar-refractivity contribution in [3.63, 3.8) is 0 Å². The molecule has 0 saturated heterocycles. The maximum atomic E-state index is 11.3. The highest BCUT2D eigenvalue weighted by Gasteiger charge is 2.09. The van der Waals surface area contributed by atoms with Gasteiger partial charge in [0.2, 0.25) is 0 Å². The SMILES string of the molecule is Cc1ccc(COc2ccc(C=CCCc3cc(C(=O)O)ccc3N(C)C)cc2)cc1.